The lowest BCUT2D eigenvalue weighted by Gasteiger charge is -2.48. The maximum absolute atomic E-state index is 14.1. The van der Waals surface area contributed by atoms with E-state index < -0.39 is 0 Å². The van der Waals surface area contributed by atoms with Gasteiger partial charge < -0.3 is 14.8 Å². The number of aryl methyl sites for hydroxylation is 1. The van der Waals surface area contributed by atoms with E-state index in [2.05, 4.69) is 9.88 Å². The summed E-state index contributed by atoms with van der Waals surface area (Å²) in [6.07, 6.45) is 5.70. The number of hydrogen-bond donors (Lipinski definition) is 1. The fraction of sp³-hybridized carbons (Fsp3) is 0.545. The molecule has 148 valence electrons. The molecule has 2 saturated heterocycles. The molecule has 2 amide bonds. The number of fused-ring (bicyclic) bond motifs is 1. The van der Waals surface area contributed by atoms with E-state index in [-0.39, 0.29) is 23.0 Å². The van der Waals surface area contributed by atoms with Gasteiger partial charge in [0.05, 0.1) is 5.52 Å². The molecule has 1 aromatic carbocycles. The number of carbonyl (C=O) groups is 2. The molecule has 1 spiro atoms. The second kappa shape index (κ2) is 6.33. The third-order valence-corrected chi connectivity index (χ3v) is 6.89. The Hall–Kier alpha value is -2.37. The molecule has 6 heteroatoms. The first-order valence-corrected chi connectivity index (χ1v) is 10.3. The molecule has 1 N–H and O–H groups in total. The van der Waals surface area contributed by atoms with Crippen LogP contribution in [-0.2, 0) is 4.79 Å². The average molecular weight is 383 g/mol. The van der Waals surface area contributed by atoms with Gasteiger partial charge in [-0.05, 0) is 50.7 Å². The fourth-order valence-electron chi connectivity index (χ4n) is 5.17. The molecule has 0 bridgehead atoms. The van der Waals surface area contributed by atoms with E-state index in [9.17, 15) is 14.0 Å². The Morgan fingerprint density at radius 2 is 2.07 bits per heavy atom. The maximum Gasteiger partial charge on any atom is 0.270 e. The lowest BCUT2D eigenvalue weighted by atomic mass is 9.73. The quantitative estimate of drug-likeness (QED) is 0.861. The van der Waals surface area contributed by atoms with Gasteiger partial charge in [0.15, 0.2) is 0 Å². The smallest absolute Gasteiger partial charge is 0.270 e. The summed E-state index contributed by atoms with van der Waals surface area (Å²) >= 11 is 0. The lowest BCUT2D eigenvalue weighted by Crippen LogP contribution is -2.55. The van der Waals surface area contributed by atoms with Crippen molar-refractivity contribution >= 4 is 22.7 Å². The zero-order valence-corrected chi connectivity index (χ0v) is 16.3. The molecule has 3 aliphatic rings. The molecule has 3 heterocycles. The zero-order chi connectivity index (χ0) is 19.5. The fourth-order valence-corrected chi connectivity index (χ4v) is 5.17. The number of halogens is 1. The van der Waals surface area contributed by atoms with Crippen LogP contribution in [-0.4, -0.2) is 52.3 Å². The van der Waals surface area contributed by atoms with Crippen LogP contribution >= 0.6 is 0 Å². The third kappa shape index (κ3) is 2.81. The highest BCUT2D eigenvalue weighted by Gasteiger charge is 2.46. The summed E-state index contributed by atoms with van der Waals surface area (Å²) in [5.74, 6) is -0.110. The molecule has 3 fully saturated rings. The van der Waals surface area contributed by atoms with Crippen molar-refractivity contribution in [3.05, 3.63) is 35.3 Å². The molecule has 5 rings (SSSR count). The van der Waals surface area contributed by atoms with E-state index in [1.165, 1.54) is 6.07 Å². The monoisotopic (exact) mass is 383 g/mol. The Morgan fingerprint density at radius 3 is 2.82 bits per heavy atom. The van der Waals surface area contributed by atoms with Crippen molar-refractivity contribution in [2.75, 3.05) is 19.6 Å². The average Bonchev–Trinajstić information content (AvgIpc) is 3.48. The van der Waals surface area contributed by atoms with Gasteiger partial charge in [0.25, 0.3) is 5.91 Å². The number of aromatic amines is 1. The molecule has 5 nitrogen and oxygen atoms in total. The van der Waals surface area contributed by atoms with Crippen LogP contribution in [0, 0.1) is 18.2 Å². The van der Waals surface area contributed by atoms with Crippen molar-refractivity contribution in [2.45, 2.75) is 51.5 Å². The zero-order valence-electron chi connectivity index (χ0n) is 16.3. The van der Waals surface area contributed by atoms with Crippen LogP contribution in [0.25, 0.3) is 10.9 Å². The molecule has 1 atom stereocenters. The summed E-state index contributed by atoms with van der Waals surface area (Å²) in [6, 6.07) is 5.36. The van der Waals surface area contributed by atoms with E-state index >= 15 is 0 Å². The minimum Gasteiger partial charge on any atom is -0.348 e. The number of hydrogen-bond acceptors (Lipinski definition) is 2. The van der Waals surface area contributed by atoms with Gasteiger partial charge in [-0.1, -0.05) is 12.1 Å². The molecular formula is C22H26FN3O2. The minimum atomic E-state index is -0.333. The predicted molar refractivity (Wildman–Crippen MR) is 105 cm³/mol. The number of H-pyrrole nitrogens is 1. The largest absolute Gasteiger partial charge is 0.348 e. The first-order chi connectivity index (χ1) is 13.5. The summed E-state index contributed by atoms with van der Waals surface area (Å²) in [5, 5.41) is 0.762. The number of nitrogens with zero attached hydrogens (tertiary/aromatic N) is 2. The Balaban J connectivity index is 1.41. The SMILES string of the molecule is Cc1c(C(=O)N2CCC[C@@]3(CCC(=O)N(C4CC4)C3)C2)[nH]c2c(F)cccc12. The van der Waals surface area contributed by atoms with Crippen molar-refractivity contribution < 1.29 is 14.0 Å². The number of amides is 2. The van der Waals surface area contributed by atoms with Gasteiger partial charge in [0.1, 0.15) is 11.5 Å². The maximum atomic E-state index is 14.1. The van der Waals surface area contributed by atoms with Gasteiger partial charge in [-0.25, -0.2) is 4.39 Å². The van der Waals surface area contributed by atoms with Crippen LogP contribution in [0.5, 0.6) is 0 Å². The van der Waals surface area contributed by atoms with Crippen LogP contribution in [0.15, 0.2) is 18.2 Å². The van der Waals surface area contributed by atoms with Crippen molar-refractivity contribution in [1.29, 1.82) is 0 Å². The van der Waals surface area contributed by atoms with Gasteiger partial charge >= 0.3 is 0 Å². The standard InChI is InChI=1S/C22H26FN3O2/c1-14-16-4-2-5-17(23)20(16)24-19(14)21(28)25-11-3-9-22(12-25)10-8-18(27)26(13-22)15-6-7-15/h2,4-5,15,24H,3,6-13H2,1H3/t22-/m1/s1. The Labute approximate surface area is 163 Å². The number of aromatic nitrogens is 1. The van der Waals surface area contributed by atoms with Crippen LogP contribution in [0.2, 0.25) is 0 Å². The normalized spacial score (nSPS) is 25.7. The van der Waals surface area contributed by atoms with E-state index in [0.29, 0.717) is 30.2 Å². The number of piperidine rings is 2. The second-order valence-corrected chi connectivity index (χ2v) is 8.87. The highest BCUT2D eigenvalue weighted by Crippen LogP contribution is 2.42. The van der Waals surface area contributed by atoms with E-state index in [0.717, 1.165) is 56.1 Å². The summed E-state index contributed by atoms with van der Waals surface area (Å²) < 4.78 is 14.1. The number of benzene rings is 1. The summed E-state index contributed by atoms with van der Waals surface area (Å²) in [6.45, 7) is 4.05. The second-order valence-electron chi connectivity index (χ2n) is 8.87. The predicted octanol–water partition coefficient (Wildman–Crippen LogP) is 3.62. The van der Waals surface area contributed by atoms with Gasteiger partial charge in [-0.3, -0.25) is 9.59 Å². The molecular weight excluding hydrogens is 357 g/mol. The van der Waals surface area contributed by atoms with Crippen molar-refractivity contribution in [3.63, 3.8) is 0 Å². The first kappa shape index (κ1) is 17.7. The van der Waals surface area contributed by atoms with E-state index in [1.807, 2.05) is 17.9 Å². The topological polar surface area (TPSA) is 56.4 Å². The molecule has 0 radical (unpaired) electrons. The Kier molecular flexibility index (Phi) is 4.00. The molecule has 1 aliphatic carbocycles. The van der Waals surface area contributed by atoms with Crippen molar-refractivity contribution in [1.82, 2.24) is 14.8 Å². The van der Waals surface area contributed by atoms with Crippen LogP contribution in [0.4, 0.5) is 4.39 Å². The van der Waals surface area contributed by atoms with Crippen LogP contribution in [0.3, 0.4) is 0 Å². The number of carbonyl (C=O) groups excluding carboxylic acids is 2. The number of likely N-dealkylation sites (tertiary alicyclic amines) is 2. The summed E-state index contributed by atoms with van der Waals surface area (Å²) in [7, 11) is 0. The minimum absolute atomic E-state index is 0.00950. The van der Waals surface area contributed by atoms with E-state index in [1.54, 1.807) is 6.07 Å². The number of rotatable bonds is 2. The molecule has 0 unspecified atom stereocenters. The molecule has 2 aliphatic heterocycles. The van der Waals surface area contributed by atoms with Gasteiger partial charge in [-0.2, -0.15) is 0 Å². The van der Waals surface area contributed by atoms with Crippen molar-refractivity contribution in [3.8, 4) is 0 Å². The third-order valence-electron chi connectivity index (χ3n) is 6.89. The van der Waals surface area contributed by atoms with Crippen LogP contribution < -0.4 is 0 Å². The summed E-state index contributed by atoms with van der Waals surface area (Å²) in [4.78, 5) is 32.7. The molecule has 1 aromatic heterocycles. The highest BCUT2D eigenvalue weighted by molar-refractivity contribution is 6.01. The van der Waals surface area contributed by atoms with Gasteiger partial charge in [-0.15, -0.1) is 0 Å². The van der Waals surface area contributed by atoms with Crippen molar-refractivity contribution in [2.24, 2.45) is 5.41 Å². The van der Waals surface area contributed by atoms with Crippen LogP contribution in [0.1, 0.15) is 54.6 Å². The van der Waals surface area contributed by atoms with E-state index in [4.69, 9.17) is 0 Å². The number of nitrogens with one attached hydrogen (secondary N) is 1. The Morgan fingerprint density at radius 1 is 1.25 bits per heavy atom. The first-order valence-electron chi connectivity index (χ1n) is 10.3. The highest BCUT2D eigenvalue weighted by atomic mass is 19.1. The molecule has 1 saturated carbocycles. The van der Waals surface area contributed by atoms with Gasteiger partial charge in [0, 0.05) is 42.9 Å². The van der Waals surface area contributed by atoms with Gasteiger partial charge in [0.2, 0.25) is 5.91 Å². The Bertz CT molecular complexity index is 964. The summed E-state index contributed by atoms with van der Waals surface area (Å²) in [5.41, 5.74) is 1.70. The molecule has 28 heavy (non-hydrogen) atoms. The lowest BCUT2D eigenvalue weighted by molar-refractivity contribution is -0.139. The number of para-hydroxylation sites is 1. The molecule has 2 aromatic rings.